The van der Waals surface area contributed by atoms with Gasteiger partial charge in [0.1, 0.15) is 0 Å². The molecule has 1 saturated heterocycles. The molecule has 1 unspecified atom stereocenters. The maximum absolute atomic E-state index is 11.0. The van der Waals surface area contributed by atoms with Crippen molar-refractivity contribution in [3.63, 3.8) is 0 Å². The molecule has 0 radical (unpaired) electrons. The summed E-state index contributed by atoms with van der Waals surface area (Å²) in [5.74, 6) is -0.817. The van der Waals surface area contributed by atoms with Gasteiger partial charge in [-0.25, -0.2) is 0 Å². The summed E-state index contributed by atoms with van der Waals surface area (Å²) in [6.07, 6.45) is 2.29. The van der Waals surface area contributed by atoms with E-state index in [1.807, 2.05) is 6.92 Å². The molecule has 0 bridgehead atoms. The second-order valence-electron chi connectivity index (χ2n) is 3.61. The quantitative estimate of drug-likeness (QED) is 0.682. The monoisotopic (exact) mass is 185 g/mol. The summed E-state index contributed by atoms with van der Waals surface area (Å²) in [6.45, 7) is 2.25. The van der Waals surface area contributed by atoms with Crippen LogP contribution in [0.1, 0.15) is 32.6 Å². The smallest absolute Gasteiger partial charge is 0.311 e. The van der Waals surface area contributed by atoms with Crippen molar-refractivity contribution in [3.8, 4) is 0 Å². The highest BCUT2D eigenvalue weighted by atomic mass is 16.4. The molecule has 0 aromatic carbocycles. The Bertz CT molecular complexity index is 215. The average Bonchev–Trinajstić information content (AvgIpc) is 2.09. The zero-order chi connectivity index (χ0) is 9.90. The van der Waals surface area contributed by atoms with Crippen LogP contribution in [0.2, 0.25) is 0 Å². The Balaban J connectivity index is 2.68. The second-order valence-corrected chi connectivity index (χ2v) is 3.61. The van der Waals surface area contributed by atoms with E-state index in [-0.39, 0.29) is 12.5 Å². The van der Waals surface area contributed by atoms with E-state index in [0.717, 1.165) is 6.42 Å². The van der Waals surface area contributed by atoms with Crippen molar-refractivity contribution in [3.05, 3.63) is 0 Å². The summed E-state index contributed by atoms with van der Waals surface area (Å²) in [7, 11) is 0. The molecular formula is C9H15NO3. The first-order valence-corrected chi connectivity index (χ1v) is 4.61. The number of amides is 1. The van der Waals surface area contributed by atoms with E-state index in [2.05, 4.69) is 5.32 Å². The Morgan fingerprint density at radius 1 is 1.69 bits per heavy atom. The van der Waals surface area contributed by atoms with E-state index in [1.54, 1.807) is 0 Å². The van der Waals surface area contributed by atoms with E-state index < -0.39 is 11.4 Å². The molecule has 74 valence electrons. The van der Waals surface area contributed by atoms with Crippen LogP contribution in [0.25, 0.3) is 0 Å². The van der Waals surface area contributed by atoms with Crippen molar-refractivity contribution in [1.82, 2.24) is 5.32 Å². The summed E-state index contributed by atoms with van der Waals surface area (Å²) >= 11 is 0. The molecule has 4 heteroatoms. The third-order valence-electron chi connectivity index (χ3n) is 2.64. The number of piperidine rings is 1. The van der Waals surface area contributed by atoms with E-state index in [4.69, 9.17) is 5.11 Å². The Morgan fingerprint density at radius 2 is 2.38 bits per heavy atom. The lowest BCUT2D eigenvalue weighted by Crippen LogP contribution is -2.47. The lowest BCUT2D eigenvalue weighted by Gasteiger charge is -2.32. The lowest BCUT2D eigenvalue weighted by atomic mass is 9.77. The Hall–Kier alpha value is -1.06. The number of carbonyl (C=O) groups is 2. The zero-order valence-corrected chi connectivity index (χ0v) is 7.80. The first kappa shape index (κ1) is 10.0. The topological polar surface area (TPSA) is 66.4 Å². The van der Waals surface area contributed by atoms with Gasteiger partial charge in [-0.1, -0.05) is 13.3 Å². The van der Waals surface area contributed by atoms with Crippen LogP contribution in [-0.4, -0.2) is 23.5 Å². The van der Waals surface area contributed by atoms with E-state index in [0.29, 0.717) is 19.3 Å². The molecular weight excluding hydrogens is 170 g/mol. The highest BCUT2D eigenvalue weighted by Gasteiger charge is 2.40. The molecule has 4 nitrogen and oxygen atoms in total. The molecule has 0 aromatic heterocycles. The molecule has 2 N–H and O–H groups in total. The number of carboxylic acids is 1. The summed E-state index contributed by atoms with van der Waals surface area (Å²) < 4.78 is 0. The van der Waals surface area contributed by atoms with Crippen LogP contribution in [0.4, 0.5) is 0 Å². The highest BCUT2D eigenvalue weighted by Crippen LogP contribution is 2.31. The molecule has 0 aromatic rings. The van der Waals surface area contributed by atoms with Crippen LogP contribution in [0.3, 0.4) is 0 Å². The predicted molar refractivity (Wildman–Crippen MR) is 47.2 cm³/mol. The molecule has 1 atom stereocenters. The van der Waals surface area contributed by atoms with Crippen LogP contribution in [-0.2, 0) is 9.59 Å². The molecule has 1 amide bonds. The first-order chi connectivity index (χ1) is 6.10. The summed E-state index contributed by atoms with van der Waals surface area (Å²) in [4.78, 5) is 21.9. The Kier molecular flexibility index (Phi) is 2.90. The number of carboxylic acid groups (broad SMARTS) is 1. The minimum atomic E-state index is -0.783. The summed E-state index contributed by atoms with van der Waals surface area (Å²) in [6, 6.07) is 0. The third kappa shape index (κ3) is 1.99. The first-order valence-electron chi connectivity index (χ1n) is 4.61. The Labute approximate surface area is 77.3 Å². The van der Waals surface area contributed by atoms with Crippen molar-refractivity contribution in [2.45, 2.75) is 32.6 Å². The van der Waals surface area contributed by atoms with Crippen LogP contribution in [0, 0.1) is 5.41 Å². The van der Waals surface area contributed by atoms with Crippen LogP contribution < -0.4 is 5.32 Å². The van der Waals surface area contributed by atoms with Crippen LogP contribution >= 0.6 is 0 Å². The van der Waals surface area contributed by atoms with Gasteiger partial charge in [-0.05, 0) is 12.8 Å². The van der Waals surface area contributed by atoms with Crippen molar-refractivity contribution in [1.29, 1.82) is 0 Å². The predicted octanol–water partition coefficient (Wildman–Crippen LogP) is 0.767. The average molecular weight is 185 g/mol. The van der Waals surface area contributed by atoms with E-state index in [9.17, 15) is 9.59 Å². The lowest BCUT2D eigenvalue weighted by molar-refractivity contribution is -0.151. The fourth-order valence-corrected chi connectivity index (χ4v) is 1.78. The SMILES string of the molecule is CCCC1(C(=O)O)CCC(=O)NC1. The zero-order valence-electron chi connectivity index (χ0n) is 7.80. The third-order valence-corrected chi connectivity index (χ3v) is 2.64. The second kappa shape index (κ2) is 3.77. The van der Waals surface area contributed by atoms with Crippen LogP contribution in [0.5, 0.6) is 0 Å². The molecule has 1 aliphatic rings. The minimum Gasteiger partial charge on any atom is -0.481 e. The van der Waals surface area contributed by atoms with E-state index >= 15 is 0 Å². The standard InChI is InChI=1S/C9H15NO3/c1-2-4-9(8(12)13)5-3-7(11)10-6-9/h2-6H2,1H3,(H,10,11)(H,12,13). The minimum absolute atomic E-state index is 0.0343. The summed E-state index contributed by atoms with van der Waals surface area (Å²) in [5.41, 5.74) is -0.706. The summed E-state index contributed by atoms with van der Waals surface area (Å²) in [5, 5.41) is 11.7. The van der Waals surface area contributed by atoms with Crippen molar-refractivity contribution in [2.24, 2.45) is 5.41 Å². The maximum atomic E-state index is 11.0. The highest BCUT2D eigenvalue weighted by molar-refractivity contribution is 5.82. The largest absolute Gasteiger partial charge is 0.481 e. The maximum Gasteiger partial charge on any atom is 0.311 e. The van der Waals surface area contributed by atoms with E-state index in [1.165, 1.54) is 0 Å². The molecule has 1 aliphatic heterocycles. The van der Waals surface area contributed by atoms with Gasteiger partial charge in [0.2, 0.25) is 5.91 Å². The van der Waals surface area contributed by atoms with Gasteiger partial charge >= 0.3 is 5.97 Å². The van der Waals surface area contributed by atoms with Crippen molar-refractivity contribution in [2.75, 3.05) is 6.54 Å². The van der Waals surface area contributed by atoms with Gasteiger partial charge in [0.15, 0.2) is 0 Å². The van der Waals surface area contributed by atoms with Gasteiger partial charge in [0.25, 0.3) is 0 Å². The van der Waals surface area contributed by atoms with Gasteiger partial charge in [0, 0.05) is 13.0 Å². The van der Waals surface area contributed by atoms with Crippen molar-refractivity contribution < 1.29 is 14.7 Å². The molecule has 13 heavy (non-hydrogen) atoms. The molecule has 0 spiro atoms. The molecule has 0 aliphatic carbocycles. The van der Waals surface area contributed by atoms with Crippen molar-refractivity contribution >= 4 is 11.9 Å². The molecule has 0 saturated carbocycles. The fraction of sp³-hybridized carbons (Fsp3) is 0.778. The molecule has 1 rings (SSSR count). The normalized spacial score (nSPS) is 28.2. The van der Waals surface area contributed by atoms with Gasteiger partial charge in [0.05, 0.1) is 5.41 Å². The number of nitrogens with one attached hydrogen (secondary N) is 1. The number of hydrogen-bond donors (Lipinski definition) is 2. The van der Waals surface area contributed by atoms with Gasteiger partial charge in [-0.3, -0.25) is 9.59 Å². The van der Waals surface area contributed by atoms with Gasteiger partial charge in [-0.15, -0.1) is 0 Å². The van der Waals surface area contributed by atoms with Gasteiger partial charge in [-0.2, -0.15) is 0 Å². The number of carbonyl (C=O) groups excluding carboxylic acids is 1. The van der Waals surface area contributed by atoms with Crippen LogP contribution in [0.15, 0.2) is 0 Å². The molecule has 1 fully saturated rings. The fourth-order valence-electron chi connectivity index (χ4n) is 1.78. The Morgan fingerprint density at radius 3 is 2.77 bits per heavy atom. The van der Waals surface area contributed by atoms with Gasteiger partial charge < -0.3 is 10.4 Å². The molecule has 1 heterocycles. The number of rotatable bonds is 3. The number of aliphatic carboxylic acids is 1. The number of hydrogen-bond acceptors (Lipinski definition) is 2.